The summed E-state index contributed by atoms with van der Waals surface area (Å²) in [7, 11) is -7.99. The first kappa shape index (κ1) is 15.9. The van der Waals surface area contributed by atoms with Gasteiger partial charge >= 0.3 is 15.6 Å². The monoisotopic (exact) mass is 278 g/mol. The summed E-state index contributed by atoms with van der Waals surface area (Å²) in [6.45, 7) is 8.42. The molecule has 0 fully saturated rings. The van der Waals surface area contributed by atoms with Crippen molar-refractivity contribution >= 4 is 19.2 Å². The molecule has 0 aliphatic carbocycles. The molecule has 1 unspecified atom stereocenters. The summed E-state index contributed by atoms with van der Waals surface area (Å²) >= 11 is 0. The first-order valence-corrected chi connectivity index (χ1v) is 7.91. The maximum Gasteiger partial charge on any atom is 0.522 e. The average molecular weight is 278 g/mol. The molecule has 0 aliphatic heterocycles. The Balaban J connectivity index is 5.09. The lowest BCUT2D eigenvalue weighted by Crippen LogP contribution is -2.39. The smallest absolute Gasteiger partial charge is 0.311 e. The van der Waals surface area contributed by atoms with Gasteiger partial charge in [-0.15, -0.1) is 0 Å². The molecule has 1 atom stereocenters. The van der Waals surface area contributed by atoms with Gasteiger partial charge < -0.3 is 3.87 Å². The van der Waals surface area contributed by atoms with Crippen LogP contribution in [0.5, 0.6) is 0 Å². The molecule has 0 amide bonds. The number of hydrogen-bond donors (Lipinski definition) is 0. The van der Waals surface area contributed by atoms with E-state index in [0.717, 1.165) is 0 Å². The highest BCUT2D eigenvalue weighted by molar-refractivity contribution is 7.88. The fourth-order valence-electron chi connectivity index (χ4n) is 1.45. The molecule has 3 nitrogen and oxygen atoms in total. The Morgan fingerprint density at radius 3 is 1.69 bits per heavy atom. The maximum absolute atomic E-state index is 12.2. The third-order valence-electron chi connectivity index (χ3n) is 1.97. The van der Waals surface area contributed by atoms with Crippen molar-refractivity contribution in [3.05, 3.63) is 0 Å². The van der Waals surface area contributed by atoms with E-state index in [9.17, 15) is 21.6 Å². The fourth-order valence-corrected chi connectivity index (χ4v) is 7.02. The van der Waals surface area contributed by atoms with Gasteiger partial charge in [-0.1, -0.05) is 34.6 Å². The molecule has 16 heavy (non-hydrogen) atoms. The van der Waals surface area contributed by atoms with Crippen LogP contribution in [0, 0.1) is 0 Å². The first-order valence-electron chi connectivity index (χ1n) is 4.78. The maximum atomic E-state index is 12.2. The first-order chi connectivity index (χ1) is 6.79. The third kappa shape index (κ3) is 4.06. The molecule has 0 rings (SSSR count). The van der Waals surface area contributed by atoms with Crippen LogP contribution in [-0.4, -0.2) is 23.0 Å². The Hall–Kier alpha value is -0.0831. The molecule has 0 radical (unpaired) electrons. The minimum absolute atomic E-state index is 0.197. The summed E-state index contributed by atoms with van der Waals surface area (Å²) in [5.41, 5.74) is -5.53. The highest BCUT2D eigenvalue weighted by atomic mass is 32.2. The van der Waals surface area contributed by atoms with E-state index < -0.39 is 29.7 Å². The second-order valence-electron chi connectivity index (χ2n) is 5.03. The second-order valence-corrected chi connectivity index (χ2v) is 11.1. The lowest BCUT2D eigenvalue weighted by molar-refractivity contribution is -0.0503. The molecule has 0 aliphatic rings. The minimum Gasteiger partial charge on any atom is -0.311 e. The standard InChI is InChI=1S/C8H17F3O3SSi/c1-6(2)16(7(3,4)5)14-15(12,13)8(9,10)11/h6,16H,1-5H3. The Bertz CT molecular complexity index is 329. The summed E-state index contributed by atoms with van der Waals surface area (Å²) in [6, 6.07) is 0. The topological polar surface area (TPSA) is 43.4 Å². The highest BCUT2D eigenvalue weighted by Crippen LogP contribution is 2.37. The molecule has 0 saturated carbocycles. The van der Waals surface area contributed by atoms with Gasteiger partial charge in [0.2, 0.25) is 9.04 Å². The summed E-state index contributed by atoms with van der Waals surface area (Å²) < 4.78 is 62.7. The molecule has 0 spiro atoms. The molecule has 0 aromatic rings. The summed E-state index contributed by atoms with van der Waals surface area (Å²) in [5.74, 6) is 0. The number of hydrogen-bond acceptors (Lipinski definition) is 3. The zero-order chi connectivity index (χ0) is 13.4. The van der Waals surface area contributed by atoms with Crippen LogP contribution in [0.1, 0.15) is 34.6 Å². The van der Waals surface area contributed by atoms with E-state index in [1.807, 2.05) is 0 Å². The molecule has 8 heteroatoms. The van der Waals surface area contributed by atoms with Crippen molar-refractivity contribution in [2.75, 3.05) is 0 Å². The van der Waals surface area contributed by atoms with E-state index in [4.69, 9.17) is 0 Å². The van der Waals surface area contributed by atoms with Gasteiger partial charge in [0.15, 0.2) is 0 Å². The van der Waals surface area contributed by atoms with Gasteiger partial charge in [0, 0.05) is 0 Å². The molecule has 98 valence electrons. The van der Waals surface area contributed by atoms with Crippen LogP contribution in [0.3, 0.4) is 0 Å². The van der Waals surface area contributed by atoms with Gasteiger partial charge in [0.25, 0.3) is 0 Å². The normalized spacial score (nSPS) is 16.6. The molecule has 0 heterocycles. The lowest BCUT2D eigenvalue weighted by Gasteiger charge is -2.31. The van der Waals surface area contributed by atoms with Crippen molar-refractivity contribution in [2.45, 2.75) is 50.7 Å². The summed E-state index contributed by atoms with van der Waals surface area (Å²) in [6.07, 6.45) is 0. The van der Waals surface area contributed by atoms with E-state index in [-0.39, 0.29) is 5.54 Å². The largest absolute Gasteiger partial charge is 0.522 e. The molecule has 0 aromatic heterocycles. The predicted octanol–water partition coefficient (Wildman–Crippen LogP) is 2.79. The zero-order valence-corrected chi connectivity index (χ0v) is 11.9. The van der Waals surface area contributed by atoms with E-state index in [0.29, 0.717) is 0 Å². The van der Waals surface area contributed by atoms with E-state index in [1.54, 1.807) is 34.6 Å². The van der Waals surface area contributed by atoms with E-state index in [1.165, 1.54) is 0 Å². The molecule has 0 aromatic carbocycles. The van der Waals surface area contributed by atoms with Gasteiger partial charge in [-0.3, -0.25) is 0 Å². The van der Waals surface area contributed by atoms with Crippen LogP contribution in [0.4, 0.5) is 13.2 Å². The van der Waals surface area contributed by atoms with Crippen molar-refractivity contribution in [2.24, 2.45) is 0 Å². The fraction of sp³-hybridized carbons (Fsp3) is 1.00. The molecular formula is C8H17F3O3SSi. The Morgan fingerprint density at radius 1 is 1.12 bits per heavy atom. The predicted molar refractivity (Wildman–Crippen MR) is 58.0 cm³/mol. The third-order valence-corrected chi connectivity index (χ3v) is 7.30. The van der Waals surface area contributed by atoms with Crippen molar-refractivity contribution in [3.63, 3.8) is 0 Å². The van der Waals surface area contributed by atoms with E-state index >= 15 is 0 Å². The van der Waals surface area contributed by atoms with Crippen molar-refractivity contribution in [1.82, 2.24) is 0 Å². The number of alkyl halides is 3. The van der Waals surface area contributed by atoms with Crippen molar-refractivity contribution < 1.29 is 25.5 Å². The van der Waals surface area contributed by atoms with Crippen LogP contribution < -0.4 is 0 Å². The number of rotatable bonds is 3. The van der Waals surface area contributed by atoms with Gasteiger partial charge in [-0.2, -0.15) is 21.6 Å². The van der Waals surface area contributed by atoms with Gasteiger partial charge in [-0.25, -0.2) is 0 Å². The molecule has 0 saturated heterocycles. The number of halogens is 3. The minimum atomic E-state index is -5.46. The van der Waals surface area contributed by atoms with Crippen molar-refractivity contribution in [3.8, 4) is 0 Å². The van der Waals surface area contributed by atoms with Gasteiger partial charge in [-0.05, 0) is 10.6 Å². The zero-order valence-electron chi connectivity index (χ0n) is 9.92. The van der Waals surface area contributed by atoms with Gasteiger partial charge in [0.1, 0.15) is 0 Å². The average Bonchev–Trinajstić information content (AvgIpc) is 1.95. The quantitative estimate of drug-likeness (QED) is 0.589. The van der Waals surface area contributed by atoms with Crippen LogP contribution in [0.2, 0.25) is 10.6 Å². The van der Waals surface area contributed by atoms with Crippen LogP contribution in [-0.2, 0) is 14.0 Å². The van der Waals surface area contributed by atoms with Crippen LogP contribution in [0.15, 0.2) is 0 Å². The van der Waals surface area contributed by atoms with Gasteiger partial charge in [0.05, 0.1) is 0 Å². The van der Waals surface area contributed by atoms with Crippen LogP contribution in [0.25, 0.3) is 0 Å². The SMILES string of the molecule is CC(C)[SiH](OS(=O)(=O)C(F)(F)F)C(C)(C)C. The Labute approximate surface area is 95.8 Å². The van der Waals surface area contributed by atoms with E-state index in [2.05, 4.69) is 3.87 Å². The molecule has 0 bridgehead atoms. The van der Waals surface area contributed by atoms with Crippen molar-refractivity contribution in [1.29, 1.82) is 0 Å². The highest BCUT2D eigenvalue weighted by Gasteiger charge is 2.50. The summed E-state index contributed by atoms with van der Waals surface area (Å²) in [4.78, 5) is 0. The Kier molecular flexibility index (Phi) is 4.63. The lowest BCUT2D eigenvalue weighted by atomic mass is 10.2. The van der Waals surface area contributed by atoms with Crippen LogP contribution >= 0.6 is 0 Å². The molecule has 0 N–H and O–H groups in total. The molecular weight excluding hydrogens is 261 g/mol. The summed E-state index contributed by atoms with van der Waals surface area (Å²) in [5, 5.41) is -0.549. The second kappa shape index (κ2) is 4.65. The Morgan fingerprint density at radius 2 is 1.50 bits per heavy atom.